The molecule has 0 atom stereocenters. The Bertz CT molecular complexity index is 1750. The lowest BCUT2D eigenvalue weighted by Gasteiger charge is -2.25. The zero-order valence-corrected chi connectivity index (χ0v) is 21.7. The van der Waals surface area contributed by atoms with Crippen LogP contribution in [0.25, 0.3) is 10.8 Å². The topological polar surface area (TPSA) is 90.0 Å². The third-order valence-corrected chi connectivity index (χ3v) is 7.81. The van der Waals surface area contributed by atoms with Gasteiger partial charge in [0.05, 0.1) is 23.3 Å². The molecule has 0 bridgehead atoms. The number of nitrogens with zero attached hydrogens (tertiary/aromatic N) is 1. The van der Waals surface area contributed by atoms with E-state index in [1.54, 1.807) is 84.9 Å². The number of fused-ring (bicyclic) bond motifs is 1. The Morgan fingerprint density at radius 3 is 1.82 bits per heavy atom. The van der Waals surface area contributed by atoms with Crippen molar-refractivity contribution in [3.8, 4) is 11.5 Å². The third-order valence-electron chi connectivity index (χ3n) is 6.09. The number of rotatable bonds is 7. The molecule has 0 saturated heterocycles. The van der Waals surface area contributed by atoms with E-state index < -0.39 is 21.9 Å². The normalized spacial score (nSPS) is 11.1. The van der Waals surface area contributed by atoms with Crippen molar-refractivity contribution in [3.63, 3.8) is 0 Å². The highest BCUT2D eigenvalue weighted by molar-refractivity contribution is 7.93. The summed E-state index contributed by atoms with van der Waals surface area (Å²) < 4.78 is 39.7. The van der Waals surface area contributed by atoms with Gasteiger partial charge in [0.25, 0.3) is 15.9 Å². The first-order valence-corrected chi connectivity index (χ1v) is 13.4. The molecular weight excluding hydrogens is 514 g/mol. The van der Waals surface area contributed by atoms with E-state index in [1.807, 2.05) is 0 Å². The van der Waals surface area contributed by atoms with E-state index in [0.717, 1.165) is 4.31 Å². The number of hydrogen-bond donors (Lipinski definition) is 0. The maximum Gasteiger partial charge on any atom is 0.343 e. The van der Waals surface area contributed by atoms with Crippen LogP contribution in [0, 0.1) is 0 Å². The quantitative estimate of drug-likeness (QED) is 0.184. The number of anilines is 1. The Labute approximate surface area is 225 Å². The lowest BCUT2D eigenvalue weighted by molar-refractivity contribution is 0.0736. The minimum absolute atomic E-state index is 0.0868. The fraction of sp³-hybridized carbons (Fsp3) is 0.0323. The van der Waals surface area contributed by atoms with E-state index in [0.29, 0.717) is 22.1 Å². The van der Waals surface area contributed by atoms with E-state index in [4.69, 9.17) is 9.47 Å². The van der Waals surface area contributed by atoms with Crippen molar-refractivity contribution >= 4 is 38.4 Å². The molecule has 5 aromatic carbocycles. The average Bonchev–Trinajstić information content (AvgIpc) is 2.99. The summed E-state index contributed by atoms with van der Waals surface area (Å²) in [5.74, 6) is -0.579. The van der Waals surface area contributed by atoms with Gasteiger partial charge in [-0.25, -0.2) is 13.2 Å². The first-order valence-electron chi connectivity index (χ1n) is 12.0. The summed E-state index contributed by atoms with van der Waals surface area (Å²) in [5.41, 5.74) is 0.682. The number of methoxy groups -OCH3 is 1. The van der Waals surface area contributed by atoms with Gasteiger partial charge >= 0.3 is 5.97 Å². The predicted octanol–water partition coefficient (Wildman–Crippen LogP) is 6.10. The molecule has 194 valence electrons. The number of hydrogen-bond acceptors (Lipinski definition) is 6. The Balaban J connectivity index is 1.66. The molecule has 0 saturated carbocycles. The number of esters is 1. The third kappa shape index (κ3) is 5.10. The first kappa shape index (κ1) is 25.7. The molecule has 0 fully saturated rings. The van der Waals surface area contributed by atoms with Gasteiger partial charge in [0, 0.05) is 16.3 Å². The van der Waals surface area contributed by atoms with Gasteiger partial charge < -0.3 is 9.47 Å². The van der Waals surface area contributed by atoms with Crippen molar-refractivity contribution in [1.82, 2.24) is 0 Å². The highest BCUT2D eigenvalue weighted by Gasteiger charge is 2.33. The van der Waals surface area contributed by atoms with Gasteiger partial charge in [0.1, 0.15) is 11.5 Å². The maximum absolute atomic E-state index is 14.0. The Morgan fingerprint density at radius 2 is 1.21 bits per heavy atom. The summed E-state index contributed by atoms with van der Waals surface area (Å²) in [5, 5.41) is 0.882. The van der Waals surface area contributed by atoms with Crippen LogP contribution in [0.1, 0.15) is 20.7 Å². The van der Waals surface area contributed by atoms with Gasteiger partial charge in [0.15, 0.2) is 0 Å². The zero-order valence-electron chi connectivity index (χ0n) is 20.9. The predicted molar refractivity (Wildman–Crippen MR) is 149 cm³/mol. The van der Waals surface area contributed by atoms with Crippen molar-refractivity contribution in [2.24, 2.45) is 0 Å². The van der Waals surface area contributed by atoms with E-state index in [-0.39, 0.29) is 21.9 Å². The molecule has 0 aromatic heterocycles. The largest absolute Gasteiger partial charge is 0.497 e. The van der Waals surface area contributed by atoms with Crippen LogP contribution in [0.3, 0.4) is 0 Å². The van der Waals surface area contributed by atoms with Gasteiger partial charge in [-0.2, -0.15) is 4.31 Å². The second kappa shape index (κ2) is 10.8. The van der Waals surface area contributed by atoms with Crippen LogP contribution in [0.4, 0.5) is 5.69 Å². The molecule has 0 aliphatic heterocycles. The van der Waals surface area contributed by atoms with Crippen LogP contribution < -0.4 is 13.8 Å². The minimum atomic E-state index is -4.38. The number of sulfonamides is 1. The molecule has 5 rings (SSSR count). The summed E-state index contributed by atoms with van der Waals surface area (Å²) in [4.78, 5) is 26.5. The smallest absolute Gasteiger partial charge is 0.343 e. The summed E-state index contributed by atoms with van der Waals surface area (Å²) in [6.45, 7) is 0. The Kier molecular flexibility index (Phi) is 7.12. The summed E-state index contributed by atoms with van der Waals surface area (Å²) in [6.07, 6.45) is 0. The van der Waals surface area contributed by atoms with Gasteiger partial charge in [-0.3, -0.25) is 4.79 Å². The highest BCUT2D eigenvalue weighted by Crippen LogP contribution is 2.37. The molecule has 1 amide bonds. The molecule has 5 aromatic rings. The number of carbonyl (C=O) groups is 2. The van der Waals surface area contributed by atoms with Crippen LogP contribution in [0.15, 0.2) is 126 Å². The van der Waals surface area contributed by atoms with Gasteiger partial charge in [-0.05, 0) is 60.7 Å². The van der Waals surface area contributed by atoms with Gasteiger partial charge in [-0.15, -0.1) is 0 Å². The van der Waals surface area contributed by atoms with Crippen molar-refractivity contribution < 1.29 is 27.5 Å². The molecule has 8 heteroatoms. The standard InChI is InChI=1S/C31H23NO6S/c1-37-24-16-18-25(19-17-24)39(35,36)32(30(33)22-10-4-2-5-11-22)28-20-21-29(27-15-9-8-14-26(27)28)38-31(34)23-12-6-3-7-13-23/h2-21H,1H3. The van der Waals surface area contributed by atoms with Crippen LogP contribution in [0.2, 0.25) is 0 Å². The molecule has 39 heavy (non-hydrogen) atoms. The van der Waals surface area contributed by atoms with Gasteiger partial charge in [-0.1, -0.05) is 60.7 Å². The number of amides is 1. The molecule has 0 aliphatic rings. The molecule has 0 radical (unpaired) electrons. The number of carbonyl (C=O) groups excluding carboxylic acids is 2. The summed E-state index contributed by atoms with van der Waals surface area (Å²) in [7, 11) is -2.90. The van der Waals surface area contributed by atoms with Crippen molar-refractivity contribution in [2.45, 2.75) is 4.90 Å². The molecule has 7 nitrogen and oxygen atoms in total. The van der Waals surface area contributed by atoms with Crippen molar-refractivity contribution in [1.29, 1.82) is 0 Å². The van der Waals surface area contributed by atoms with Gasteiger partial charge in [0.2, 0.25) is 0 Å². The Hall–Kier alpha value is -4.95. The molecular formula is C31H23NO6S. The van der Waals surface area contributed by atoms with Crippen molar-refractivity contribution in [2.75, 3.05) is 11.4 Å². The first-order chi connectivity index (χ1) is 18.9. The minimum Gasteiger partial charge on any atom is -0.497 e. The lowest BCUT2D eigenvalue weighted by atomic mass is 10.1. The fourth-order valence-electron chi connectivity index (χ4n) is 4.15. The van der Waals surface area contributed by atoms with E-state index in [1.165, 1.54) is 43.5 Å². The van der Waals surface area contributed by atoms with E-state index in [2.05, 4.69) is 0 Å². The average molecular weight is 538 g/mol. The molecule has 0 spiro atoms. The van der Waals surface area contributed by atoms with Crippen molar-refractivity contribution in [3.05, 3.63) is 132 Å². The number of ether oxygens (including phenoxy) is 2. The zero-order chi connectivity index (χ0) is 27.4. The monoisotopic (exact) mass is 537 g/mol. The number of benzene rings is 5. The highest BCUT2D eigenvalue weighted by atomic mass is 32.2. The molecule has 0 heterocycles. The molecule has 0 aliphatic carbocycles. The lowest BCUT2D eigenvalue weighted by Crippen LogP contribution is -2.37. The SMILES string of the molecule is COc1ccc(S(=O)(=O)N(C(=O)c2ccccc2)c2ccc(OC(=O)c3ccccc3)c3ccccc23)cc1. The van der Waals surface area contributed by atoms with E-state index >= 15 is 0 Å². The van der Waals surface area contributed by atoms with Crippen LogP contribution in [0.5, 0.6) is 11.5 Å². The van der Waals surface area contributed by atoms with E-state index in [9.17, 15) is 18.0 Å². The summed E-state index contributed by atoms with van der Waals surface area (Å²) >= 11 is 0. The maximum atomic E-state index is 14.0. The summed E-state index contributed by atoms with van der Waals surface area (Å²) in [6, 6.07) is 32.3. The molecule has 0 N–H and O–H groups in total. The van der Waals surface area contributed by atoms with Crippen LogP contribution >= 0.6 is 0 Å². The fourth-order valence-corrected chi connectivity index (χ4v) is 5.59. The van der Waals surface area contributed by atoms with Crippen LogP contribution in [-0.4, -0.2) is 27.4 Å². The second-order valence-electron chi connectivity index (χ2n) is 8.50. The Morgan fingerprint density at radius 1 is 0.641 bits per heavy atom. The second-order valence-corrected chi connectivity index (χ2v) is 10.3. The van der Waals surface area contributed by atoms with Crippen LogP contribution in [-0.2, 0) is 10.0 Å². The molecule has 0 unspecified atom stereocenters.